The highest BCUT2D eigenvalue weighted by Crippen LogP contribution is 2.49. The number of nitrogen functional groups attached to an aromatic ring is 1. The molecule has 49 heavy (non-hydrogen) atoms. The van der Waals surface area contributed by atoms with E-state index in [0.717, 1.165) is 70.3 Å². The summed E-state index contributed by atoms with van der Waals surface area (Å²) >= 11 is 5.41. The molecule has 0 radical (unpaired) electrons. The van der Waals surface area contributed by atoms with Crippen LogP contribution in [0.2, 0.25) is 0 Å². The average molecular weight is 710 g/mol. The third kappa shape index (κ3) is 7.84. The third-order valence-electron chi connectivity index (χ3n) is 9.99. The molecule has 0 aliphatic carbocycles. The molecule has 2 N–H and O–H groups in total. The van der Waals surface area contributed by atoms with Crippen molar-refractivity contribution in [2.45, 2.75) is 98.6 Å². The zero-order valence-corrected chi connectivity index (χ0v) is 32.0. The largest absolute Gasteiger partial charge is 0.399 e. The molecule has 4 nitrogen and oxygen atoms in total. The van der Waals surface area contributed by atoms with Gasteiger partial charge in [0.25, 0.3) is 5.56 Å². The zero-order chi connectivity index (χ0) is 34.3. The highest BCUT2D eigenvalue weighted by molar-refractivity contribution is 7.20. The molecular formula is C42H51N3OS3. The second kappa shape index (κ2) is 16.5. The maximum Gasteiger partial charge on any atom is 0.262 e. The number of unbranched alkanes of at least 4 members (excludes halogenated alkanes) is 3. The van der Waals surface area contributed by atoms with Gasteiger partial charge in [0.1, 0.15) is 0 Å². The Morgan fingerprint density at radius 3 is 1.84 bits per heavy atom. The van der Waals surface area contributed by atoms with Crippen molar-refractivity contribution in [3.8, 4) is 52.5 Å². The Bertz CT molecular complexity index is 1940. The summed E-state index contributed by atoms with van der Waals surface area (Å²) in [6, 6.07) is 27.7. The van der Waals surface area contributed by atoms with Crippen LogP contribution in [-0.2, 0) is 13.1 Å². The molecule has 7 heteroatoms. The Balaban J connectivity index is 1.52. The van der Waals surface area contributed by atoms with E-state index in [4.69, 9.17) is 5.73 Å². The molecular weight excluding hydrogens is 659 g/mol. The average Bonchev–Trinajstić information content (AvgIpc) is 3.92. The van der Waals surface area contributed by atoms with E-state index in [0.29, 0.717) is 11.8 Å². The zero-order valence-electron chi connectivity index (χ0n) is 29.5. The van der Waals surface area contributed by atoms with Crippen molar-refractivity contribution in [2.24, 2.45) is 11.8 Å². The first kappa shape index (κ1) is 35.4. The molecule has 4 aromatic rings. The molecule has 2 aliphatic rings. The number of aromatic nitrogens is 2. The molecule has 2 aromatic heterocycles. The van der Waals surface area contributed by atoms with E-state index >= 15 is 0 Å². The first-order chi connectivity index (χ1) is 23.9. The number of benzene rings is 2. The van der Waals surface area contributed by atoms with Gasteiger partial charge >= 0.3 is 0 Å². The van der Waals surface area contributed by atoms with E-state index in [-0.39, 0.29) is 5.56 Å². The molecule has 0 amide bonds. The van der Waals surface area contributed by atoms with Crippen LogP contribution in [0.4, 0.5) is 5.69 Å². The van der Waals surface area contributed by atoms with Gasteiger partial charge in [-0.25, -0.2) is 0 Å². The van der Waals surface area contributed by atoms with Crippen LogP contribution in [0, 0.1) is 11.8 Å². The number of thiophene rings is 2. The molecule has 2 aliphatic heterocycles. The highest BCUT2D eigenvalue weighted by Gasteiger charge is 2.33. The van der Waals surface area contributed by atoms with Gasteiger partial charge in [0, 0.05) is 28.5 Å². The summed E-state index contributed by atoms with van der Waals surface area (Å²) in [6.45, 7) is 10.9. The van der Waals surface area contributed by atoms with Crippen molar-refractivity contribution in [3.63, 3.8) is 0 Å². The van der Waals surface area contributed by atoms with Gasteiger partial charge < -0.3 is 10.3 Å². The molecule has 2 unspecified atom stereocenters. The standard InChI is InChI=1S/C42H51N3OS3/c1-5-9-12-16-29(7-3)27-44-40(37-26-24-35(48-37)32-19-21-33(43)22-20-32)41-38(42(44)46)39(45(49-41)28-30(8-4)15-10-6-2)36-25-23-34(47-36)31-17-13-11-14-18-31/h11,13-14,17-26,29-30H,5-10,12,15-16,27-28,43H2,1-4H3. The van der Waals surface area contributed by atoms with E-state index < -0.39 is 0 Å². The van der Waals surface area contributed by atoms with Crippen LogP contribution in [0.15, 0.2) is 83.7 Å². The van der Waals surface area contributed by atoms with Gasteiger partial charge in [-0.3, -0.25) is 8.75 Å². The van der Waals surface area contributed by atoms with Gasteiger partial charge in [-0.15, -0.1) is 22.7 Å². The minimum atomic E-state index is 0.169. The summed E-state index contributed by atoms with van der Waals surface area (Å²) < 4.78 is 4.64. The Hall–Kier alpha value is -3.39. The van der Waals surface area contributed by atoms with Crippen LogP contribution in [0.1, 0.15) is 85.5 Å². The predicted octanol–water partition coefficient (Wildman–Crippen LogP) is 13.0. The van der Waals surface area contributed by atoms with Crippen molar-refractivity contribution in [1.82, 2.24) is 8.52 Å². The van der Waals surface area contributed by atoms with Crippen molar-refractivity contribution in [3.05, 3.63) is 89.2 Å². The van der Waals surface area contributed by atoms with E-state index in [1.54, 1.807) is 11.3 Å². The van der Waals surface area contributed by atoms with E-state index in [9.17, 15) is 4.79 Å². The van der Waals surface area contributed by atoms with E-state index in [1.807, 2.05) is 35.0 Å². The Kier molecular flexibility index (Phi) is 12.0. The Labute approximate surface area is 304 Å². The van der Waals surface area contributed by atoms with Gasteiger partial charge in [-0.2, -0.15) is 0 Å². The molecule has 258 valence electrons. The van der Waals surface area contributed by atoms with Crippen LogP contribution in [-0.4, -0.2) is 8.52 Å². The van der Waals surface area contributed by atoms with E-state index in [2.05, 4.69) is 103 Å². The molecule has 6 rings (SSSR count). The Morgan fingerprint density at radius 2 is 1.20 bits per heavy atom. The normalized spacial score (nSPS) is 13.0. The number of nitrogens with zero attached hydrogens (tertiary/aromatic N) is 2. The SMILES string of the molecule is CCCCCC(CC)Cn1c(-c2ccc(-c3ccc(N)cc3)s2)c2sn(CC(CC)CCCC)c(-c3ccc(-c4ccccc4)s3)c-2c1=O. The van der Waals surface area contributed by atoms with Crippen molar-refractivity contribution >= 4 is 39.9 Å². The lowest BCUT2D eigenvalue weighted by atomic mass is 9.98. The van der Waals surface area contributed by atoms with Crippen LogP contribution < -0.4 is 11.3 Å². The molecule has 0 saturated carbocycles. The van der Waals surface area contributed by atoms with Gasteiger partial charge in [0.05, 0.1) is 31.6 Å². The summed E-state index contributed by atoms with van der Waals surface area (Å²) in [7, 11) is 0. The maximum absolute atomic E-state index is 15.0. The summed E-state index contributed by atoms with van der Waals surface area (Å²) in [6.07, 6.45) is 10.7. The number of hydrogen-bond donors (Lipinski definition) is 1. The first-order valence-electron chi connectivity index (χ1n) is 18.3. The van der Waals surface area contributed by atoms with Crippen LogP contribution in [0.3, 0.4) is 0 Å². The fourth-order valence-electron chi connectivity index (χ4n) is 6.95. The first-order valence-corrected chi connectivity index (χ1v) is 20.7. The van der Waals surface area contributed by atoms with Crippen molar-refractivity contribution < 1.29 is 0 Å². The topological polar surface area (TPSA) is 52.9 Å². The highest BCUT2D eigenvalue weighted by atomic mass is 32.1. The smallest absolute Gasteiger partial charge is 0.262 e. The van der Waals surface area contributed by atoms with Crippen LogP contribution >= 0.6 is 34.2 Å². The summed E-state index contributed by atoms with van der Waals surface area (Å²) in [5.74, 6) is 1.05. The summed E-state index contributed by atoms with van der Waals surface area (Å²) in [5, 5.41) is 0. The number of fused-ring (bicyclic) bond motifs is 1. The van der Waals surface area contributed by atoms with Gasteiger partial charge in [-0.05, 0) is 72.2 Å². The lowest BCUT2D eigenvalue weighted by molar-refractivity contribution is 0.386. The third-order valence-corrected chi connectivity index (χ3v) is 13.4. The summed E-state index contributed by atoms with van der Waals surface area (Å²) in [5.41, 5.74) is 12.5. The molecule has 0 spiro atoms. The monoisotopic (exact) mass is 709 g/mol. The number of hydrogen-bond acceptors (Lipinski definition) is 5. The molecule has 0 saturated heterocycles. The molecule has 4 heterocycles. The molecule has 0 bridgehead atoms. The quantitative estimate of drug-likeness (QED) is 0.0757. The maximum atomic E-state index is 15.0. The van der Waals surface area contributed by atoms with Crippen LogP contribution in [0.5, 0.6) is 0 Å². The van der Waals surface area contributed by atoms with Gasteiger partial charge in [-0.1, -0.05) is 127 Å². The molecule has 2 atom stereocenters. The molecule has 0 fully saturated rings. The predicted molar refractivity (Wildman–Crippen MR) is 216 cm³/mol. The number of rotatable bonds is 17. The number of anilines is 1. The van der Waals surface area contributed by atoms with Gasteiger partial charge in [0.2, 0.25) is 0 Å². The lowest BCUT2D eigenvalue weighted by Crippen LogP contribution is -2.22. The molecule has 2 aromatic carbocycles. The fraction of sp³-hybridized carbons (Fsp3) is 0.405. The minimum Gasteiger partial charge on any atom is -0.399 e. The fourth-order valence-corrected chi connectivity index (χ4v) is 10.6. The van der Waals surface area contributed by atoms with Crippen molar-refractivity contribution in [1.29, 1.82) is 0 Å². The summed E-state index contributed by atoms with van der Waals surface area (Å²) in [4.78, 5) is 20.9. The van der Waals surface area contributed by atoms with Crippen LogP contribution in [0.25, 0.3) is 52.5 Å². The second-order valence-electron chi connectivity index (χ2n) is 13.5. The Morgan fingerprint density at radius 1 is 0.633 bits per heavy atom. The van der Waals surface area contributed by atoms with E-state index in [1.165, 1.54) is 58.7 Å². The number of nitrogens with two attached hydrogens (primary N) is 1. The van der Waals surface area contributed by atoms with Crippen molar-refractivity contribution in [2.75, 3.05) is 5.73 Å². The second-order valence-corrected chi connectivity index (χ2v) is 16.7. The minimum absolute atomic E-state index is 0.169. The lowest BCUT2D eigenvalue weighted by Gasteiger charge is -2.18. The van der Waals surface area contributed by atoms with Gasteiger partial charge in [0.15, 0.2) is 0 Å².